The first-order valence-corrected chi connectivity index (χ1v) is 12.9. The molecule has 0 saturated carbocycles. The summed E-state index contributed by atoms with van der Waals surface area (Å²) in [7, 11) is 1.12. The second kappa shape index (κ2) is 11.3. The van der Waals surface area contributed by atoms with Crippen molar-refractivity contribution in [2.24, 2.45) is 0 Å². The van der Waals surface area contributed by atoms with Gasteiger partial charge in [-0.2, -0.15) is 13.2 Å². The van der Waals surface area contributed by atoms with E-state index in [1.165, 1.54) is 13.0 Å². The fraction of sp³-hybridized carbons (Fsp3) is 0.355. The normalized spacial score (nSPS) is 14.1. The van der Waals surface area contributed by atoms with Crippen LogP contribution in [-0.2, 0) is 31.7 Å². The summed E-state index contributed by atoms with van der Waals surface area (Å²) >= 11 is 0. The van der Waals surface area contributed by atoms with E-state index in [-0.39, 0.29) is 17.0 Å². The minimum Gasteiger partial charge on any atom is -0.493 e. The zero-order valence-electron chi connectivity index (χ0n) is 23.1. The van der Waals surface area contributed by atoms with Gasteiger partial charge in [-0.05, 0) is 91.8 Å². The van der Waals surface area contributed by atoms with Crippen molar-refractivity contribution in [1.82, 2.24) is 0 Å². The van der Waals surface area contributed by atoms with Gasteiger partial charge < -0.3 is 19.5 Å². The van der Waals surface area contributed by atoms with E-state index < -0.39 is 29.4 Å². The van der Waals surface area contributed by atoms with Crippen LogP contribution in [0.25, 0.3) is 22.3 Å². The summed E-state index contributed by atoms with van der Waals surface area (Å²) in [5.41, 5.74) is 0.640. The molecule has 212 valence electrons. The standard InChI is InChI=1S/C31H32F3NO5/c1-18(36)35-22-10-6-8-19(17-22)23-12-13-24(31(32,33)34)27(28(29(37)38-5)40-30(2,3)4)26(23)21-11-14-25-20(16-21)9-7-15-39-25/h6,8,10-14,16-17,28H,7,9,15H2,1-5H3,(H,35,36). The first-order chi connectivity index (χ1) is 18.8. The van der Waals surface area contributed by atoms with Gasteiger partial charge in [-0.3, -0.25) is 4.79 Å². The largest absolute Gasteiger partial charge is 0.493 e. The van der Waals surface area contributed by atoms with Crippen molar-refractivity contribution in [2.45, 2.75) is 58.4 Å². The highest BCUT2D eigenvalue weighted by atomic mass is 19.4. The number of aryl methyl sites for hydroxylation is 1. The second-order valence-corrected chi connectivity index (χ2v) is 10.6. The van der Waals surface area contributed by atoms with Crippen molar-refractivity contribution >= 4 is 17.6 Å². The maximum absolute atomic E-state index is 14.6. The number of carbonyl (C=O) groups excluding carboxylic acids is 2. The molecule has 1 amide bonds. The van der Waals surface area contributed by atoms with Gasteiger partial charge in [0.05, 0.1) is 24.9 Å². The molecular formula is C31H32F3NO5. The number of rotatable bonds is 6. The van der Waals surface area contributed by atoms with Gasteiger partial charge in [-0.25, -0.2) is 4.79 Å². The third-order valence-electron chi connectivity index (χ3n) is 6.39. The lowest BCUT2D eigenvalue weighted by atomic mass is 9.84. The number of alkyl halides is 3. The van der Waals surface area contributed by atoms with Crippen LogP contribution in [-0.4, -0.2) is 31.2 Å². The molecule has 3 aromatic rings. The number of esters is 1. The van der Waals surface area contributed by atoms with Crippen molar-refractivity contribution in [2.75, 3.05) is 19.0 Å². The van der Waals surface area contributed by atoms with Crippen LogP contribution in [0.4, 0.5) is 18.9 Å². The third-order valence-corrected chi connectivity index (χ3v) is 6.39. The first-order valence-electron chi connectivity index (χ1n) is 12.9. The molecule has 0 aliphatic carbocycles. The average Bonchev–Trinajstić information content (AvgIpc) is 2.89. The lowest BCUT2D eigenvalue weighted by Crippen LogP contribution is -2.30. The van der Waals surface area contributed by atoms with Gasteiger partial charge in [0.25, 0.3) is 0 Å². The Morgan fingerprint density at radius 2 is 1.75 bits per heavy atom. The minimum absolute atomic E-state index is 0.183. The molecule has 1 N–H and O–H groups in total. The molecule has 3 aromatic carbocycles. The number of ether oxygens (including phenoxy) is 3. The molecule has 40 heavy (non-hydrogen) atoms. The summed E-state index contributed by atoms with van der Waals surface area (Å²) in [6, 6.07) is 14.4. The van der Waals surface area contributed by atoms with Crippen molar-refractivity contribution in [3.63, 3.8) is 0 Å². The first kappa shape index (κ1) is 29.1. The molecular weight excluding hydrogens is 523 g/mol. The molecule has 1 aliphatic heterocycles. The highest BCUT2D eigenvalue weighted by Gasteiger charge is 2.42. The zero-order chi connectivity index (χ0) is 29.2. The van der Waals surface area contributed by atoms with Crippen LogP contribution in [0.3, 0.4) is 0 Å². The van der Waals surface area contributed by atoms with Crippen LogP contribution in [0.1, 0.15) is 56.9 Å². The van der Waals surface area contributed by atoms with Gasteiger partial charge in [-0.1, -0.05) is 24.3 Å². The SMILES string of the molecule is COC(=O)C(OC(C)(C)C)c1c(C(F)(F)F)ccc(-c2cccc(NC(C)=O)c2)c1-c1ccc2c(c1)CCCO2. The van der Waals surface area contributed by atoms with E-state index in [0.717, 1.165) is 25.2 Å². The van der Waals surface area contributed by atoms with E-state index in [2.05, 4.69) is 5.32 Å². The monoisotopic (exact) mass is 555 g/mol. The molecule has 1 aliphatic rings. The number of hydrogen-bond acceptors (Lipinski definition) is 5. The molecule has 9 heteroatoms. The molecule has 1 heterocycles. The van der Waals surface area contributed by atoms with Gasteiger partial charge in [0.1, 0.15) is 5.75 Å². The van der Waals surface area contributed by atoms with Crippen LogP contribution in [0.2, 0.25) is 0 Å². The van der Waals surface area contributed by atoms with Crippen LogP contribution in [0, 0.1) is 0 Å². The van der Waals surface area contributed by atoms with Gasteiger partial charge in [-0.15, -0.1) is 0 Å². The quantitative estimate of drug-likeness (QED) is 0.322. The summed E-state index contributed by atoms with van der Waals surface area (Å²) in [5, 5.41) is 2.71. The van der Waals surface area contributed by atoms with E-state index >= 15 is 0 Å². The van der Waals surface area contributed by atoms with Gasteiger partial charge in [0.2, 0.25) is 5.91 Å². The summed E-state index contributed by atoms with van der Waals surface area (Å²) in [6.07, 6.45) is -5.01. The number of nitrogens with one attached hydrogen (secondary N) is 1. The van der Waals surface area contributed by atoms with E-state index in [9.17, 15) is 22.8 Å². The Labute approximate surface area is 231 Å². The predicted molar refractivity (Wildman–Crippen MR) is 146 cm³/mol. The Morgan fingerprint density at radius 1 is 1.00 bits per heavy atom. The highest BCUT2D eigenvalue weighted by Crippen LogP contribution is 2.47. The molecule has 0 spiro atoms. The Bertz CT molecular complexity index is 1430. The Hall–Kier alpha value is -3.85. The molecule has 6 nitrogen and oxygen atoms in total. The van der Waals surface area contributed by atoms with Crippen molar-refractivity contribution in [3.8, 4) is 28.0 Å². The van der Waals surface area contributed by atoms with Crippen molar-refractivity contribution < 1.29 is 37.0 Å². The summed E-state index contributed by atoms with van der Waals surface area (Å²) in [6.45, 7) is 6.91. The lowest BCUT2D eigenvalue weighted by Gasteiger charge is -2.31. The van der Waals surface area contributed by atoms with Crippen LogP contribution >= 0.6 is 0 Å². The van der Waals surface area contributed by atoms with Gasteiger partial charge in [0.15, 0.2) is 6.10 Å². The van der Waals surface area contributed by atoms with E-state index in [4.69, 9.17) is 14.2 Å². The fourth-order valence-corrected chi connectivity index (χ4v) is 4.86. The van der Waals surface area contributed by atoms with E-state index in [0.29, 0.717) is 41.2 Å². The van der Waals surface area contributed by atoms with Gasteiger partial charge >= 0.3 is 12.1 Å². The Morgan fingerprint density at radius 3 is 2.40 bits per heavy atom. The number of anilines is 1. The van der Waals surface area contributed by atoms with E-state index in [1.807, 2.05) is 0 Å². The Kier molecular flexibility index (Phi) is 8.25. The third kappa shape index (κ3) is 6.47. The topological polar surface area (TPSA) is 73.9 Å². The van der Waals surface area contributed by atoms with Gasteiger partial charge in [0, 0.05) is 18.2 Å². The molecule has 4 rings (SSSR count). The fourth-order valence-electron chi connectivity index (χ4n) is 4.86. The number of benzene rings is 3. The molecule has 0 aromatic heterocycles. The predicted octanol–water partition coefficient (Wildman–Crippen LogP) is 7.35. The maximum atomic E-state index is 14.6. The van der Waals surface area contributed by atoms with Crippen LogP contribution in [0.15, 0.2) is 54.6 Å². The molecule has 0 radical (unpaired) electrons. The smallest absolute Gasteiger partial charge is 0.416 e. The lowest BCUT2D eigenvalue weighted by molar-refractivity contribution is -0.166. The number of hydrogen-bond donors (Lipinski definition) is 1. The maximum Gasteiger partial charge on any atom is 0.416 e. The molecule has 1 unspecified atom stereocenters. The van der Waals surface area contributed by atoms with Crippen LogP contribution < -0.4 is 10.1 Å². The highest BCUT2D eigenvalue weighted by molar-refractivity contribution is 5.93. The van der Waals surface area contributed by atoms with Crippen LogP contribution in [0.5, 0.6) is 5.75 Å². The molecule has 1 atom stereocenters. The Balaban J connectivity index is 2.11. The number of amides is 1. The van der Waals surface area contributed by atoms with E-state index in [1.54, 1.807) is 63.2 Å². The second-order valence-electron chi connectivity index (χ2n) is 10.6. The molecule has 0 saturated heterocycles. The molecule has 0 fully saturated rings. The average molecular weight is 556 g/mol. The number of halogens is 3. The summed E-state index contributed by atoms with van der Waals surface area (Å²) in [5.74, 6) is -0.565. The zero-order valence-corrected chi connectivity index (χ0v) is 23.1. The summed E-state index contributed by atoms with van der Waals surface area (Å²) < 4.78 is 60.6. The van der Waals surface area contributed by atoms with Crippen molar-refractivity contribution in [1.29, 1.82) is 0 Å². The summed E-state index contributed by atoms with van der Waals surface area (Å²) in [4.78, 5) is 24.8. The number of fused-ring (bicyclic) bond motifs is 1. The number of methoxy groups -OCH3 is 1. The molecule has 0 bridgehead atoms. The number of carbonyl (C=O) groups is 2. The van der Waals surface area contributed by atoms with Crippen molar-refractivity contribution in [3.05, 3.63) is 71.3 Å². The minimum atomic E-state index is -4.80.